The lowest BCUT2D eigenvalue weighted by Crippen LogP contribution is -2.13. The highest BCUT2D eigenvalue weighted by molar-refractivity contribution is 5.62. The average molecular weight is 348 g/mol. The summed E-state index contributed by atoms with van der Waals surface area (Å²) >= 11 is 0. The highest BCUT2D eigenvalue weighted by atomic mass is 16.5. The number of methoxy groups -OCH3 is 3. The van der Waals surface area contributed by atoms with Crippen molar-refractivity contribution in [2.75, 3.05) is 21.3 Å². The number of rotatable bonds is 4. The van der Waals surface area contributed by atoms with Crippen LogP contribution in [0.15, 0.2) is 60.7 Å². The molecule has 26 heavy (non-hydrogen) atoms. The van der Waals surface area contributed by atoms with Crippen LogP contribution in [-0.2, 0) is 0 Å². The summed E-state index contributed by atoms with van der Waals surface area (Å²) in [4.78, 5) is 0. The number of ether oxygens (including phenoxy) is 4. The van der Waals surface area contributed by atoms with Gasteiger partial charge in [-0.15, -0.1) is 0 Å². The number of hydrogen-bond donors (Lipinski definition) is 0. The van der Waals surface area contributed by atoms with Gasteiger partial charge in [0.25, 0.3) is 0 Å². The molecular weight excluding hydrogens is 328 g/mol. The maximum Gasteiger partial charge on any atom is 0.131 e. The Bertz CT molecular complexity index is 949. The van der Waals surface area contributed by atoms with Crippen molar-refractivity contribution in [3.05, 3.63) is 77.4 Å². The molecule has 4 heteroatoms. The third-order valence-corrected chi connectivity index (χ3v) is 4.73. The van der Waals surface area contributed by atoms with Crippen molar-refractivity contribution >= 4 is 0 Å². The molecule has 1 aliphatic heterocycles. The molecule has 0 aromatic heterocycles. The van der Waals surface area contributed by atoms with Gasteiger partial charge in [0.1, 0.15) is 28.7 Å². The summed E-state index contributed by atoms with van der Waals surface area (Å²) in [5.41, 5.74) is 3.14. The van der Waals surface area contributed by atoms with Crippen LogP contribution in [-0.4, -0.2) is 21.3 Å². The molecule has 3 aromatic carbocycles. The van der Waals surface area contributed by atoms with E-state index in [-0.39, 0.29) is 5.92 Å². The zero-order valence-corrected chi connectivity index (χ0v) is 15.0. The van der Waals surface area contributed by atoms with Crippen molar-refractivity contribution in [2.45, 2.75) is 5.92 Å². The summed E-state index contributed by atoms with van der Waals surface area (Å²) in [6.45, 7) is 0. The Balaban J connectivity index is 1.99. The SMILES string of the molecule is COc1ccc(OC)c(C2c3ccccc3Oc3ccc(OC)cc32)c1. The second kappa shape index (κ2) is 6.64. The van der Waals surface area contributed by atoms with Gasteiger partial charge in [0.05, 0.1) is 21.3 Å². The van der Waals surface area contributed by atoms with E-state index in [2.05, 4.69) is 6.07 Å². The number of hydrogen-bond acceptors (Lipinski definition) is 4. The highest BCUT2D eigenvalue weighted by Gasteiger charge is 2.31. The van der Waals surface area contributed by atoms with E-state index < -0.39 is 0 Å². The van der Waals surface area contributed by atoms with E-state index in [4.69, 9.17) is 18.9 Å². The van der Waals surface area contributed by atoms with Gasteiger partial charge in [-0.3, -0.25) is 0 Å². The number of para-hydroxylation sites is 1. The topological polar surface area (TPSA) is 36.9 Å². The van der Waals surface area contributed by atoms with Gasteiger partial charge in [-0.05, 0) is 42.5 Å². The van der Waals surface area contributed by atoms with Crippen molar-refractivity contribution in [2.24, 2.45) is 0 Å². The molecule has 1 aliphatic rings. The molecule has 1 unspecified atom stereocenters. The standard InChI is InChI=1S/C22H20O4/c1-23-14-8-10-19(25-3)17(12-14)22-16-6-4-5-7-20(16)26-21-11-9-15(24-2)13-18(21)22/h4-13,22H,1-3H3. The second-order valence-corrected chi connectivity index (χ2v) is 6.08. The molecule has 132 valence electrons. The lowest BCUT2D eigenvalue weighted by molar-refractivity contribution is 0.394. The predicted molar refractivity (Wildman–Crippen MR) is 100 cm³/mol. The summed E-state index contributed by atoms with van der Waals surface area (Å²) < 4.78 is 22.7. The van der Waals surface area contributed by atoms with E-state index in [1.54, 1.807) is 21.3 Å². The monoisotopic (exact) mass is 348 g/mol. The average Bonchev–Trinajstić information content (AvgIpc) is 2.71. The van der Waals surface area contributed by atoms with E-state index in [0.29, 0.717) is 0 Å². The minimum absolute atomic E-state index is 0.0462. The van der Waals surface area contributed by atoms with E-state index >= 15 is 0 Å². The van der Waals surface area contributed by atoms with Crippen LogP contribution in [0.2, 0.25) is 0 Å². The number of benzene rings is 3. The Hall–Kier alpha value is -3.14. The Morgan fingerprint density at radius 3 is 2.04 bits per heavy atom. The van der Waals surface area contributed by atoms with Crippen molar-refractivity contribution in [3.63, 3.8) is 0 Å². The first-order valence-corrected chi connectivity index (χ1v) is 8.41. The van der Waals surface area contributed by atoms with Gasteiger partial charge in [-0.2, -0.15) is 0 Å². The molecule has 0 spiro atoms. The van der Waals surface area contributed by atoms with Gasteiger partial charge in [-0.1, -0.05) is 18.2 Å². The fourth-order valence-electron chi connectivity index (χ4n) is 3.47. The summed E-state index contributed by atoms with van der Waals surface area (Å²) in [5.74, 6) is 4.00. The van der Waals surface area contributed by atoms with Crippen molar-refractivity contribution in [3.8, 4) is 28.7 Å². The first-order chi connectivity index (χ1) is 12.7. The maximum atomic E-state index is 6.13. The van der Waals surface area contributed by atoms with Crippen LogP contribution in [0.1, 0.15) is 22.6 Å². The normalized spacial score (nSPS) is 14.7. The van der Waals surface area contributed by atoms with Gasteiger partial charge in [0.2, 0.25) is 0 Å². The molecule has 4 nitrogen and oxygen atoms in total. The first-order valence-electron chi connectivity index (χ1n) is 8.41. The Morgan fingerprint density at radius 2 is 1.31 bits per heavy atom. The van der Waals surface area contributed by atoms with Crippen LogP contribution in [0.5, 0.6) is 28.7 Å². The largest absolute Gasteiger partial charge is 0.497 e. The molecule has 0 aliphatic carbocycles. The van der Waals surface area contributed by atoms with Crippen LogP contribution >= 0.6 is 0 Å². The molecule has 4 rings (SSSR count). The predicted octanol–water partition coefficient (Wildman–Crippen LogP) is 5.00. The van der Waals surface area contributed by atoms with Gasteiger partial charge >= 0.3 is 0 Å². The van der Waals surface area contributed by atoms with Crippen molar-refractivity contribution < 1.29 is 18.9 Å². The van der Waals surface area contributed by atoms with Crippen LogP contribution in [0.25, 0.3) is 0 Å². The molecule has 1 heterocycles. The van der Waals surface area contributed by atoms with E-state index in [1.807, 2.05) is 54.6 Å². The molecule has 0 fully saturated rings. The van der Waals surface area contributed by atoms with E-state index in [0.717, 1.165) is 45.4 Å². The van der Waals surface area contributed by atoms with E-state index in [1.165, 1.54) is 0 Å². The molecule has 0 bridgehead atoms. The first kappa shape index (κ1) is 16.3. The van der Waals surface area contributed by atoms with E-state index in [9.17, 15) is 0 Å². The highest BCUT2D eigenvalue weighted by Crippen LogP contribution is 2.50. The van der Waals surface area contributed by atoms with Crippen LogP contribution in [0.4, 0.5) is 0 Å². The quantitative estimate of drug-likeness (QED) is 0.520. The fraction of sp³-hybridized carbons (Fsp3) is 0.182. The maximum absolute atomic E-state index is 6.13. The molecular formula is C22H20O4. The fourth-order valence-corrected chi connectivity index (χ4v) is 3.47. The third-order valence-electron chi connectivity index (χ3n) is 4.73. The minimum Gasteiger partial charge on any atom is -0.497 e. The smallest absolute Gasteiger partial charge is 0.131 e. The van der Waals surface area contributed by atoms with Crippen molar-refractivity contribution in [1.82, 2.24) is 0 Å². The second-order valence-electron chi connectivity index (χ2n) is 6.08. The van der Waals surface area contributed by atoms with Crippen molar-refractivity contribution in [1.29, 1.82) is 0 Å². The molecule has 0 saturated heterocycles. The minimum atomic E-state index is -0.0462. The Kier molecular flexibility index (Phi) is 4.17. The Morgan fingerprint density at radius 1 is 0.654 bits per heavy atom. The molecule has 0 N–H and O–H groups in total. The lowest BCUT2D eigenvalue weighted by Gasteiger charge is -2.30. The van der Waals surface area contributed by atoms with Crippen LogP contribution in [0.3, 0.4) is 0 Å². The molecule has 1 atom stereocenters. The summed E-state index contributed by atoms with van der Waals surface area (Å²) in [6, 6.07) is 19.8. The molecule has 0 saturated carbocycles. The zero-order valence-electron chi connectivity index (χ0n) is 15.0. The Labute approximate surface area is 152 Å². The van der Waals surface area contributed by atoms with Gasteiger partial charge in [-0.25, -0.2) is 0 Å². The van der Waals surface area contributed by atoms with Crippen LogP contribution in [0, 0.1) is 0 Å². The van der Waals surface area contributed by atoms with Gasteiger partial charge < -0.3 is 18.9 Å². The molecule has 0 amide bonds. The summed E-state index contributed by atoms with van der Waals surface area (Å²) in [6.07, 6.45) is 0. The van der Waals surface area contributed by atoms with Crippen LogP contribution < -0.4 is 18.9 Å². The zero-order chi connectivity index (χ0) is 18.1. The van der Waals surface area contributed by atoms with Gasteiger partial charge in [0, 0.05) is 22.6 Å². The molecule has 0 radical (unpaired) electrons. The third kappa shape index (κ3) is 2.64. The lowest BCUT2D eigenvalue weighted by atomic mass is 9.82. The number of fused-ring (bicyclic) bond motifs is 2. The summed E-state index contributed by atoms with van der Waals surface area (Å²) in [5, 5.41) is 0. The van der Waals surface area contributed by atoms with Gasteiger partial charge in [0.15, 0.2) is 0 Å². The molecule has 3 aromatic rings. The summed E-state index contributed by atoms with van der Waals surface area (Å²) in [7, 11) is 5.02.